The number of pyridine rings is 1. The molecule has 7 nitrogen and oxygen atoms in total. The number of ether oxygens (including phenoxy) is 1. The van der Waals surface area contributed by atoms with Gasteiger partial charge >= 0.3 is 5.97 Å². The average Bonchev–Trinajstić information content (AvgIpc) is 3.04. The predicted molar refractivity (Wildman–Crippen MR) is 103 cm³/mol. The number of fused-ring (bicyclic) bond motifs is 1. The van der Waals surface area contributed by atoms with Crippen molar-refractivity contribution in [3.05, 3.63) is 53.3 Å². The van der Waals surface area contributed by atoms with Gasteiger partial charge in [-0.15, -0.1) is 0 Å². The third-order valence-electron chi connectivity index (χ3n) is 4.15. The summed E-state index contributed by atoms with van der Waals surface area (Å²) in [6, 6.07) is 8.56. The van der Waals surface area contributed by atoms with Crippen LogP contribution in [-0.2, 0) is 4.74 Å². The summed E-state index contributed by atoms with van der Waals surface area (Å²) in [5.41, 5.74) is 2.91. The van der Waals surface area contributed by atoms with Crippen molar-refractivity contribution in [2.24, 2.45) is 0 Å². The Kier molecular flexibility index (Phi) is 5.21. The van der Waals surface area contributed by atoms with Crippen LogP contribution in [0.4, 0.5) is 5.69 Å². The van der Waals surface area contributed by atoms with Crippen molar-refractivity contribution >= 4 is 28.6 Å². The number of aromatic nitrogens is 3. The van der Waals surface area contributed by atoms with Gasteiger partial charge in [0.2, 0.25) is 0 Å². The molecule has 0 aliphatic rings. The lowest BCUT2D eigenvalue weighted by Gasteiger charge is -2.10. The molecule has 2 aromatic heterocycles. The van der Waals surface area contributed by atoms with Gasteiger partial charge in [-0.2, -0.15) is 5.10 Å². The molecule has 0 unspecified atom stereocenters. The van der Waals surface area contributed by atoms with E-state index in [1.165, 1.54) is 0 Å². The highest BCUT2D eigenvalue weighted by molar-refractivity contribution is 6.06. The van der Waals surface area contributed by atoms with E-state index in [0.717, 1.165) is 11.0 Å². The molecule has 3 aromatic rings. The fourth-order valence-corrected chi connectivity index (χ4v) is 2.78. The number of esters is 1. The number of hydrogen-bond donors (Lipinski definition) is 1. The van der Waals surface area contributed by atoms with Crippen LogP contribution in [0.15, 0.2) is 36.5 Å². The minimum absolute atomic E-state index is 0.187. The molecule has 0 bridgehead atoms. The van der Waals surface area contributed by atoms with Crippen LogP contribution in [0.25, 0.3) is 11.0 Å². The molecule has 0 radical (unpaired) electrons. The maximum atomic E-state index is 12.7. The predicted octanol–water partition coefficient (Wildman–Crippen LogP) is 3.75. The Morgan fingerprint density at radius 1 is 1.22 bits per heavy atom. The normalized spacial score (nSPS) is 11.0. The van der Waals surface area contributed by atoms with Gasteiger partial charge in [-0.1, -0.05) is 0 Å². The van der Waals surface area contributed by atoms with Crippen molar-refractivity contribution in [3.8, 4) is 0 Å². The minimum Gasteiger partial charge on any atom is -0.462 e. The van der Waals surface area contributed by atoms with Crippen molar-refractivity contribution in [1.82, 2.24) is 14.8 Å². The lowest BCUT2D eigenvalue weighted by atomic mass is 10.1. The Hall–Kier alpha value is -3.22. The van der Waals surface area contributed by atoms with Gasteiger partial charge < -0.3 is 10.1 Å². The maximum Gasteiger partial charge on any atom is 0.338 e. The fourth-order valence-electron chi connectivity index (χ4n) is 2.78. The zero-order valence-corrected chi connectivity index (χ0v) is 15.8. The molecule has 0 saturated heterocycles. The number of aryl methyl sites for hydroxylation is 1. The first-order valence-corrected chi connectivity index (χ1v) is 8.84. The van der Waals surface area contributed by atoms with Crippen LogP contribution in [0.3, 0.4) is 0 Å². The van der Waals surface area contributed by atoms with E-state index in [1.807, 2.05) is 18.5 Å². The molecule has 0 saturated carbocycles. The van der Waals surface area contributed by atoms with Crippen LogP contribution in [0, 0.1) is 6.92 Å². The number of carbonyl (C=O) groups excluding carboxylic acids is 2. The summed E-state index contributed by atoms with van der Waals surface area (Å²) < 4.78 is 6.78. The van der Waals surface area contributed by atoms with Crippen LogP contribution in [0.2, 0.25) is 0 Å². The molecule has 0 fully saturated rings. The lowest BCUT2D eigenvalue weighted by Crippen LogP contribution is -2.15. The number of anilines is 1. The second-order valence-electron chi connectivity index (χ2n) is 6.47. The summed E-state index contributed by atoms with van der Waals surface area (Å²) in [6.45, 7) is 7.94. The van der Waals surface area contributed by atoms with Crippen LogP contribution in [0.1, 0.15) is 53.2 Å². The Balaban J connectivity index is 1.82. The zero-order valence-electron chi connectivity index (χ0n) is 15.8. The van der Waals surface area contributed by atoms with E-state index in [2.05, 4.69) is 15.4 Å². The van der Waals surface area contributed by atoms with Gasteiger partial charge in [0.05, 0.1) is 29.6 Å². The van der Waals surface area contributed by atoms with Crippen LogP contribution in [0.5, 0.6) is 0 Å². The van der Waals surface area contributed by atoms with E-state index in [1.54, 1.807) is 50.4 Å². The SMILES string of the molecule is CCOC(=O)c1ccc(NC(=O)c2cc3cnn(C(C)C)c3nc2C)cc1. The molecule has 2 heterocycles. The van der Waals surface area contributed by atoms with Crippen LogP contribution >= 0.6 is 0 Å². The molecule has 1 N–H and O–H groups in total. The van der Waals surface area contributed by atoms with Crippen molar-refractivity contribution in [2.45, 2.75) is 33.7 Å². The van der Waals surface area contributed by atoms with E-state index in [9.17, 15) is 9.59 Å². The molecular formula is C20H22N4O3. The molecule has 27 heavy (non-hydrogen) atoms. The largest absolute Gasteiger partial charge is 0.462 e. The number of amides is 1. The molecule has 3 rings (SSSR count). The highest BCUT2D eigenvalue weighted by Crippen LogP contribution is 2.20. The monoisotopic (exact) mass is 366 g/mol. The number of nitrogens with one attached hydrogen (secondary N) is 1. The van der Waals surface area contributed by atoms with Gasteiger partial charge in [-0.25, -0.2) is 14.5 Å². The zero-order chi connectivity index (χ0) is 19.6. The molecule has 7 heteroatoms. The standard InChI is InChI=1S/C20H22N4O3/c1-5-27-20(26)14-6-8-16(9-7-14)23-19(25)17-10-15-11-21-24(12(2)3)18(15)22-13(17)4/h6-12H,5H2,1-4H3,(H,23,25). The first-order chi connectivity index (χ1) is 12.9. The molecule has 140 valence electrons. The van der Waals surface area contributed by atoms with E-state index in [-0.39, 0.29) is 17.9 Å². The summed E-state index contributed by atoms with van der Waals surface area (Å²) in [5, 5.41) is 7.99. The molecule has 1 amide bonds. The molecule has 0 atom stereocenters. The molecule has 1 aromatic carbocycles. The number of rotatable bonds is 5. The van der Waals surface area contributed by atoms with Gasteiger partial charge in [-0.05, 0) is 58.0 Å². The highest BCUT2D eigenvalue weighted by Gasteiger charge is 2.16. The molecule has 0 aliphatic heterocycles. The third kappa shape index (κ3) is 3.81. The molecular weight excluding hydrogens is 344 g/mol. The van der Waals surface area contributed by atoms with Crippen molar-refractivity contribution < 1.29 is 14.3 Å². The minimum atomic E-state index is -0.386. The molecule has 0 aliphatic carbocycles. The van der Waals surface area contributed by atoms with Gasteiger partial charge in [-0.3, -0.25) is 4.79 Å². The van der Waals surface area contributed by atoms with Crippen LogP contribution < -0.4 is 5.32 Å². The third-order valence-corrected chi connectivity index (χ3v) is 4.15. The van der Waals surface area contributed by atoms with Crippen molar-refractivity contribution in [2.75, 3.05) is 11.9 Å². The second kappa shape index (κ2) is 7.57. The Morgan fingerprint density at radius 3 is 2.56 bits per heavy atom. The van der Waals surface area contributed by atoms with Gasteiger partial charge in [0.1, 0.15) is 0 Å². The first-order valence-electron chi connectivity index (χ1n) is 8.84. The Labute approximate surface area is 157 Å². The topological polar surface area (TPSA) is 86.1 Å². The smallest absolute Gasteiger partial charge is 0.338 e. The second-order valence-corrected chi connectivity index (χ2v) is 6.47. The fraction of sp³-hybridized carbons (Fsp3) is 0.300. The van der Waals surface area contributed by atoms with E-state index in [4.69, 9.17) is 4.74 Å². The van der Waals surface area contributed by atoms with E-state index >= 15 is 0 Å². The molecule has 0 spiro atoms. The van der Waals surface area contributed by atoms with Crippen molar-refractivity contribution in [3.63, 3.8) is 0 Å². The lowest BCUT2D eigenvalue weighted by molar-refractivity contribution is 0.0526. The number of carbonyl (C=O) groups is 2. The van der Waals surface area contributed by atoms with E-state index in [0.29, 0.717) is 29.1 Å². The van der Waals surface area contributed by atoms with Crippen molar-refractivity contribution in [1.29, 1.82) is 0 Å². The van der Waals surface area contributed by atoms with Crippen LogP contribution in [-0.4, -0.2) is 33.2 Å². The number of nitrogens with zero attached hydrogens (tertiary/aromatic N) is 3. The number of benzene rings is 1. The highest BCUT2D eigenvalue weighted by atomic mass is 16.5. The Morgan fingerprint density at radius 2 is 1.93 bits per heavy atom. The van der Waals surface area contributed by atoms with Gasteiger partial charge in [0.25, 0.3) is 5.91 Å². The van der Waals surface area contributed by atoms with E-state index < -0.39 is 0 Å². The number of hydrogen-bond acceptors (Lipinski definition) is 5. The summed E-state index contributed by atoms with van der Waals surface area (Å²) in [4.78, 5) is 28.9. The maximum absolute atomic E-state index is 12.7. The van der Waals surface area contributed by atoms with Gasteiger partial charge in [0, 0.05) is 17.1 Å². The first kappa shape index (κ1) is 18.6. The Bertz CT molecular complexity index is 990. The summed E-state index contributed by atoms with van der Waals surface area (Å²) in [6.07, 6.45) is 1.71. The summed E-state index contributed by atoms with van der Waals surface area (Å²) in [5.74, 6) is -0.647. The average molecular weight is 366 g/mol. The summed E-state index contributed by atoms with van der Waals surface area (Å²) in [7, 11) is 0. The van der Waals surface area contributed by atoms with Gasteiger partial charge in [0.15, 0.2) is 5.65 Å². The summed E-state index contributed by atoms with van der Waals surface area (Å²) >= 11 is 0. The quantitative estimate of drug-likeness (QED) is 0.695.